The lowest BCUT2D eigenvalue weighted by Crippen LogP contribution is -2.49. The highest BCUT2D eigenvalue weighted by Crippen LogP contribution is 2.29. The molecule has 2 aliphatic heterocycles. The fourth-order valence-electron chi connectivity index (χ4n) is 8.06. The molecule has 2 atom stereocenters. The third-order valence-electron chi connectivity index (χ3n) is 11.0. The number of methoxy groups -OCH3 is 2. The van der Waals surface area contributed by atoms with Gasteiger partial charge in [-0.1, -0.05) is 59.6 Å². The lowest BCUT2D eigenvalue weighted by Gasteiger charge is -2.34. The molecule has 0 spiro atoms. The molecule has 8 rings (SSSR count). The van der Waals surface area contributed by atoms with E-state index in [1.54, 1.807) is 16.7 Å². The van der Waals surface area contributed by atoms with E-state index in [1.165, 1.54) is 20.3 Å². The minimum atomic E-state index is -0.657. The molecule has 6 aromatic rings. The monoisotopic (exact) mass is 966 g/mol. The summed E-state index contributed by atoms with van der Waals surface area (Å²) >= 11 is 12.8. The van der Waals surface area contributed by atoms with Crippen molar-refractivity contribution in [3.8, 4) is 0 Å². The standard InChI is InChI=1S/C25H30ClN5O5.C20H22ClN5O3.ClH/c1-25(2,3)36-24(34)27-16-9-7-11-30(14-16)23-29-18-12-19(22(33)35-4)28-21(32)20(18)31(23)13-15-8-5-6-10-17(15)26;1-29-19(28)16-9-15-17(18(27)23-16)26(10-12-5-2-3-7-14(12)21)20(24-15)25-8-4-6-13(22)11-25;/h5-6,8,10,12,16H,7,9,11,13-14H2,1-4H3,(H,27,34)(H,28,32);2-3,5,7,9,13H,4,6,8,10-11,22H2,1H3,(H,23,27);1H/t16-;13-;/m11./s1. The van der Waals surface area contributed by atoms with Gasteiger partial charge < -0.3 is 54.2 Å². The van der Waals surface area contributed by atoms with Crippen LogP contribution in [0, 0.1) is 0 Å². The number of pyridine rings is 2. The minimum absolute atomic E-state index is 0. The number of hydrogen-bond acceptors (Lipinski definition) is 13. The highest BCUT2D eigenvalue weighted by Gasteiger charge is 2.29. The largest absolute Gasteiger partial charge is 0.464 e. The number of aromatic nitrogens is 6. The van der Waals surface area contributed by atoms with E-state index in [0.717, 1.165) is 43.4 Å². The van der Waals surface area contributed by atoms with Crippen molar-refractivity contribution in [1.29, 1.82) is 0 Å². The Morgan fingerprint density at radius 2 is 1.21 bits per heavy atom. The van der Waals surface area contributed by atoms with Gasteiger partial charge in [-0.25, -0.2) is 24.4 Å². The number of nitrogens with two attached hydrogens (primary N) is 1. The Balaban J connectivity index is 0.000000220. The molecule has 2 aromatic carbocycles. The Hall–Kier alpha value is -6.08. The summed E-state index contributed by atoms with van der Waals surface area (Å²) in [5.74, 6) is -0.0855. The SMILES string of the molecule is COC(=O)c1cc2nc(N3CCC[C@@H](N)C3)n(Cc3ccccc3Cl)c2c(=O)[nH]1.COC(=O)c1cc2nc(N3CCC[C@@H](NC(=O)OC(C)(C)C)C3)n(Cc3ccccc3Cl)c2c(=O)[nH]1.Cl. The number of rotatable bonds is 9. The predicted octanol–water partition coefficient (Wildman–Crippen LogP) is 6.27. The smallest absolute Gasteiger partial charge is 0.407 e. The molecule has 5 N–H and O–H groups in total. The molecule has 0 bridgehead atoms. The molecule has 0 aliphatic carbocycles. The van der Waals surface area contributed by atoms with Crippen LogP contribution in [0.25, 0.3) is 22.1 Å². The number of aromatic amines is 2. The van der Waals surface area contributed by atoms with Crippen LogP contribution >= 0.6 is 35.6 Å². The number of halogens is 3. The van der Waals surface area contributed by atoms with E-state index < -0.39 is 34.8 Å². The molecule has 1 amide bonds. The first-order valence-corrected chi connectivity index (χ1v) is 21.9. The maximum atomic E-state index is 13.1. The van der Waals surface area contributed by atoms with Crippen LogP contribution in [0.15, 0.2) is 70.3 Å². The molecule has 0 saturated carbocycles. The van der Waals surface area contributed by atoms with Crippen LogP contribution in [0.1, 0.15) is 78.6 Å². The van der Waals surface area contributed by atoms with Crippen LogP contribution in [0.2, 0.25) is 10.0 Å². The first-order chi connectivity index (χ1) is 31.0. The van der Waals surface area contributed by atoms with E-state index in [9.17, 15) is 24.0 Å². The van der Waals surface area contributed by atoms with Crippen molar-refractivity contribution in [2.45, 2.75) is 77.2 Å². The Bertz CT molecular complexity index is 2850. The highest BCUT2D eigenvalue weighted by atomic mass is 35.5. The fourth-order valence-corrected chi connectivity index (χ4v) is 8.46. The van der Waals surface area contributed by atoms with Gasteiger partial charge >= 0.3 is 18.0 Å². The van der Waals surface area contributed by atoms with Gasteiger partial charge in [0, 0.05) is 48.3 Å². The van der Waals surface area contributed by atoms with Gasteiger partial charge in [-0.15, -0.1) is 12.4 Å². The van der Waals surface area contributed by atoms with Gasteiger partial charge in [0.2, 0.25) is 11.9 Å². The molecule has 0 unspecified atom stereocenters. The number of alkyl carbamates (subject to hydrolysis) is 1. The van der Waals surface area contributed by atoms with Crippen LogP contribution < -0.4 is 32.0 Å². The van der Waals surface area contributed by atoms with E-state index in [1.807, 2.05) is 72.7 Å². The number of carbonyl (C=O) groups is 3. The van der Waals surface area contributed by atoms with E-state index in [-0.39, 0.29) is 35.9 Å². The number of amides is 1. The van der Waals surface area contributed by atoms with E-state index in [0.29, 0.717) is 76.7 Å². The number of imidazole rings is 2. The van der Waals surface area contributed by atoms with Crippen LogP contribution in [0.3, 0.4) is 0 Å². The van der Waals surface area contributed by atoms with Gasteiger partial charge in [-0.2, -0.15) is 0 Å². The van der Waals surface area contributed by atoms with Crippen molar-refractivity contribution in [3.63, 3.8) is 0 Å². The number of nitrogens with zero attached hydrogens (tertiary/aromatic N) is 6. The Labute approximate surface area is 396 Å². The summed E-state index contributed by atoms with van der Waals surface area (Å²) in [6.07, 6.45) is 3.01. The third kappa shape index (κ3) is 11.3. The van der Waals surface area contributed by atoms with Gasteiger partial charge in [0.05, 0.1) is 38.3 Å². The Morgan fingerprint density at radius 1 is 0.758 bits per heavy atom. The normalized spacial score (nSPS) is 16.2. The van der Waals surface area contributed by atoms with Crippen molar-refractivity contribution < 1.29 is 28.6 Å². The second-order valence-electron chi connectivity index (χ2n) is 16.9. The minimum Gasteiger partial charge on any atom is -0.464 e. The molecule has 18 nitrogen and oxygen atoms in total. The summed E-state index contributed by atoms with van der Waals surface area (Å²) in [4.78, 5) is 81.1. The van der Waals surface area contributed by atoms with Gasteiger partial charge in [0.1, 0.15) is 28.0 Å². The lowest BCUT2D eigenvalue weighted by molar-refractivity contribution is 0.0497. The molecule has 2 fully saturated rings. The molecule has 4 aromatic heterocycles. The highest BCUT2D eigenvalue weighted by molar-refractivity contribution is 6.31. The Morgan fingerprint density at radius 3 is 1.65 bits per heavy atom. The van der Waals surface area contributed by atoms with Gasteiger partial charge in [0.15, 0.2) is 0 Å². The number of nitrogens with one attached hydrogen (secondary N) is 3. The number of ether oxygens (including phenoxy) is 3. The molecular formula is C45H53Cl3N10O8. The van der Waals surface area contributed by atoms with Crippen molar-refractivity contribution in [2.24, 2.45) is 5.73 Å². The average molecular weight is 968 g/mol. The maximum absolute atomic E-state index is 13.1. The summed E-state index contributed by atoms with van der Waals surface area (Å²) < 4.78 is 18.6. The van der Waals surface area contributed by atoms with Gasteiger partial charge in [-0.05, 0) is 81.8 Å². The summed E-state index contributed by atoms with van der Waals surface area (Å²) in [5, 5.41) is 4.12. The van der Waals surface area contributed by atoms with Crippen LogP contribution in [-0.2, 0) is 27.3 Å². The molecular weight excluding hydrogens is 915 g/mol. The van der Waals surface area contributed by atoms with Crippen LogP contribution in [0.4, 0.5) is 16.7 Å². The third-order valence-corrected chi connectivity index (χ3v) is 11.7. The van der Waals surface area contributed by atoms with E-state index in [2.05, 4.69) is 20.2 Å². The fraction of sp³-hybridized carbons (Fsp3) is 0.400. The van der Waals surface area contributed by atoms with Crippen molar-refractivity contribution in [3.05, 3.63) is 114 Å². The van der Waals surface area contributed by atoms with Crippen molar-refractivity contribution in [1.82, 2.24) is 34.4 Å². The zero-order valence-electron chi connectivity index (χ0n) is 37.2. The van der Waals surface area contributed by atoms with E-state index in [4.69, 9.17) is 53.1 Å². The lowest BCUT2D eigenvalue weighted by atomic mass is 10.1. The second-order valence-corrected chi connectivity index (χ2v) is 17.7. The molecule has 2 saturated heterocycles. The molecule has 2 aliphatic rings. The first-order valence-electron chi connectivity index (χ1n) is 21.2. The van der Waals surface area contributed by atoms with Crippen molar-refractivity contribution >= 4 is 87.6 Å². The average Bonchev–Trinajstić information content (AvgIpc) is 3.83. The number of hydrogen-bond donors (Lipinski definition) is 4. The summed E-state index contributed by atoms with van der Waals surface area (Å²) in [6, 6.07) is 17.8. The summed E-state index contributed by atoms with van der Waals surface area (Å²) in [7, 11) is 2.51. The van der Waals surface area contributed by atoms with E-state index >= 15 is 0 Å². The number of anilines is 2. The molecule has 6 heterocycles. The molecule has 352 valence electrons. The molecule has 21 heteroatoms. The first kappa shape index (κ1) is 49.4. The van der Waals surface area contributed by atoms with Gasteiger partial charge in [0.25, 0.3) is 11.1 Å². The molecule has 66 heavy (non-hydrogen) atoms. The number of piperidine rings is 2. The number of H-pyrrole nitrogens is 2. The zero-order chi connectivity index (χ0) is 46.6. The quantitative estimate of drug-likeness (QED) is 0.0928. The number of benzene rings is 2. The second kappa shape index (κ2) is 21.0. The topological polar surface area (TPSA) is 225 Å². The maximum Gasteiger partial charge on any atom is 0.407 e. The van der Waals surface area contributed by atoms with Crippen molar-refractivity contribution in [2.75, 3.05) is 50.2 Å². The zero-order valence-corrected chi connectivity index (χ0v) is 39.5. The van der Waals surface area contributed by atoms with Crippen LogP contribution in [0.5, 0.6) is 0 Å². The number of esters is 2. The molecule has 0 radical (unpaired) electrons. The Kier molecular flexibility index (Phi) is 15.7. The number of carbonyl (C=O) groups excluding carboxylic acids is 3. The predicted molar refractivity (Wildman–Crippen MR) is 256 cm³/mol. The summed E-state index contributed by atoms with van der Waals surface area (Å²) in [6.45, 7) is 8.72. The summed E-state index contributed by atoms with van der Waals surface area (Å²) in [5.41, 5.74) is 7.96. The number of fused-ring (bicyclic) bond motifs is 2. The van der Waals surface area contributed by atoms with Gasteiger partial charge in [-0.3, -0.25) is 9.59 Å². The van der Waals surface area contributed by atoms with Crippen LogP contribution in [-0.4, -0.2) is 105 Å².